The summed E-state index contributed by atoms with van der Waals surface area (Å²) in [5.41, 5.74) is 1.84. The average molecular weight is 484 g/mol. The minimum atomic E-state index is -3.93. The van der Waals surface area contributed by atoms with E-state index in [0.717, 1.165) is 13.4 Å². The van der Waals surface area contributed by atoms with Crippen molar-refractivity contribution in [3.8, 4) is 0 Å². The number of aryl methyl sites for hydroxylation is 1. The maximum Gasteiger partial charge on any atom is 0.269 e. The van der Waals surface area contributed by atoms with Crippen LogP contribution in [0, 0.1) is 10.5 Å². The second-order valence-electron chi connectivity index (χ2n) is 6.32. The molecule has 2 amide bonds. The fourth-order valence-electron chi connectivity index (χ4n) is 2.86. The molecule has 0 spiro atoms. The summed E-state index contributed by atoms with van der Waals surface area (Å²) in [6.45, 7) is 5.15. The Morgan fingerprint density at radius 3 is 2.46 bits per heavy atom. The molecule has 136 valence electrons. The number of hydrogen-bond donors (Lipinski definition) is 1. The van der Waals surface area contributed by atoms with E-state index in [-0.39, 0.29) is 16.0 Å². The van der Waals surface area contributed by atoms with E-state index in [2.05, 4.69) is 27.9 Å². The lowest BCUT2D eigenvalue weighted by Gasteiger charge is -2.18. The maximum atomic E-state index is 12.6. The van der Waals surface area contributed by atoms with Gasteiger partial charge in [0.2, 0.25) is 0 Å². The zero-order chi connectivity index (χ0) is 19.2. The van der Waals surface area contributed by atoms with E-state index in [4.69, 9.17) is 0 Å². The number of rotatable bonds is 3. The number of fused-ring (bicyclic) bond motifs is 1. The van der Waals surface area contributed by atoms with Gasteiger partial charge in [0, 0.05) is 20.9 Å². The molecule has 3 rings (SSSR count). The Morgan fingerprint density at radius 2 is 1.85 bits per heavy atom. The first-order valence-electron chi connectivity index (χ1n) is 7.93. The summed E-state index contributed by atoms with van der Waals surface area (Å²) in [7, 11) is -3.93. The monoisotopic (exact) mass is 484 g/mol. The summed E-state index contributed by atoms with van der Waals surface area (Å²) >= 11 is 2.18. The van der Waals surface area contributed by atoms with Crippen LogP contribution < -0.4 is 5.32 Å². The second kappa shape index (κ2) is 6.66. The molecule has 0 atom stereocenters. The molecule has 8 heteroatoms. The highest BCUT2D eigenvalue weighted by Gasteiger charge is 2.42. The van der Waals surface area contributed by atoms with E-state index in [1.807, 2.05) is 19.1 Å². The molecule has 0 saturated heterocycles. The molecule has 26 heavy (non-hydrogen) atoms. The van der Waals surface area contributed by atoms with Crippen LogP contribution in [0.15, 0.2) is 41.3 Å². The molecule has 0 bridgehead atoms. The third kappa shape index (κ3) is 3.11. The van der Waals surface area contributed by atoms with Crippen molar-refractivity contribution in [2.45, 2.75) is 31.7 Å². The van der Waals surface area contributed by atoms with Crippen LogP contribution in [0.1, 0.15) is 40.1 Å². The first kappa shape index (κ1) is 18.8. The van der Waals surface area contributed by atoms with Crippen LogP contribution in [0.5, 0.6) is 0 Å². The highest BCUT2D eigenvalue weighted by molar-refractivity contribution is 14.1. The van der Waals surface area contributed by atoms with Gasteiger partial charge >= 0.3 is 0 Å². The topological polar surface area (TPSA) is 83.6 Å². The first-order valence-corrected chi connectivity index (χ1v) is 10.4. The zero-order valence-electron chi connectivity index (χ0n) is 14.4. The summed E-state index contributed by atoms with van der Waals surface area (Å²) in [6, 6.07) is 9.23. The summed E-state index contributed by atoms with van der Waals surface area (Å²) in [4.78, 5) is 24.8. The lowest BCUT2D eigenvalue weighted by atomic mass is 10.1. The van der Waals surface area contributed by atoms with Crippen LogP contribution in [-0.2, 0) is 10.0 Å². The summed E-state index contributed by atoms with van der Waals surface area (Å²) in [5, 5.41) is 2.78. The van der Waals surface area contributed by atoms with Crippen LogP contribution in [-0.4, -0.2) is 30.6 Å². The minimum absolute atomic E-state index is 0.0979. The third-order valence-electron chi connectivity index (χ3n) is 4.12. The summed E-state index contributed by atoms with van der Waals surface area (Å²) in [5.74, 6) is -0.988. The first-order chi connectivity index (χ1) is 12.1. The van der Waals surface area contributed by atoms with Gasteiger partial charge in [-0.3, -0.25) is 9.59 Å². The highest BCUT2D eigenvalue weighted by atomic mass is 127. The molecule has 0 aliphatic carbocycles. The molecule has 0 unspecified atom stereocenters. The summed E-state index contributed by atoms with van der Waals surface area (Å²) in [6.07, 6.45) is 0. The Kier molecular flexibility index (Phi) is 4.82. The maximum absolute atomic E-state index is 12.6. The molecular formula is C18H17IN2O4S. The number of sulfonamides is 1. The molecule has 2 aromatic carbocycles. The zero-order valence-corrected chi connectivity index (χ0v) is 17.4. The standard InChI is InChI=1S/C18H17IN2O4S/c1-10(2)21-18(23)14-6-4-12(9-16(14)26(21,24)25)17(22)20-15-7-5-13(19)8-11(15)3/h4-10H,1-3H3,(H,20,22). The Bertz CT molecular complexity index is 1030. The molecular weight excluding hydrogens is 467 g/mol. The molecule has 1 aliphatic rings. The van der Waals surface area contributed by atoms with E-state index in [9.17, 15) is 18.0 Å². The smallest absolute Gasteiger partial charge is 0.269 e. The largest absolute Gasteiger partial charge is 0.322 e. The van der Waals surface area contributed by atoms with Gasteiger partial charge in [0.05, 0.1) is 5.56 Å². The van der Waals surface area contributed by atoms with Gasteiger partial charge in [-0.1, -0.05) is 0 Å². The van der Waals surface area contributed by atoms with Gasteiger partial charge in [0.25, 0.3) is 21.8 Å². The Balaban J connectivity index is 1.97. The fraction of sp³-hybridized carbons (Fsp3) is 0.222. The van der Waals surface area contributed by atoms with Crippen molar-refractivity contribution in [3.63, 3.8) is 0 Å². The lowest BCUT2D eigenvalue weighted by molar-refractivity contribution is 0.0846. The molecule has 6 nitrogen and oxygen atoms in total. The molecule has 2 aromatic rings. The molecule has 0 saturated carbocycles. The van der Waals surface area contributed by atoms with Gasteiger partial charge in [-0.25, -0.2) is 12.7 Å². The number of halogens is 1. The van der Waals surface area contributed by atoms with Crippen molar-refractivity contribution in [1.82, 2.24) is 4.31 Å². The van der Waals surface area contributed by atoms with Crippen LogP contribution in [0.4, 0.5) is 5.69 Å². The number of carbonyl (C=O) groups excluding carboxylic acids is 2. The van der Waals surface area contributed by atoms with E-state index >= 15 is 0 Å². The average Bonchev–Trinajstić information content (AvgIpc) is 2.76. The van der Waals surface area contributed by atoms with Crippen LogP contribution >= 0.6 is 22.6 Å². The minimum Gasteiger partial charge on any atom is -0.322 e. The number of benzene rings is 2. The van der Waals surface area contributed by atoms with E-state index < -0.39 is 27.9 Å². The normalized spacial score (nSPS) is 15.3. The Morgan fingerprint density at radius 1 is 1.15 bits per heavy atom. The second-order valence-corrected chi connectivity index (χ2v) is 9.35. The predicted octanol–water partition coefficient (Wildman–Crippen LogP) is 3.40. The van der Waals surface area contributed by atoms with Gasteiger partial charge < -0.3 is 5.32 Å². The predicted molar refractivity (Wildman–Crippen MR) is 107 cm³/mol. The van der Waals surface area contributed by atoms with E-state index in [1.54, 1.807) is 19.9 Å². The van der Waals surface area contributed by atoms with Crippen molar-refractivity contribution in [2.24, 2.45) is 0 Å². The van der Waals surface area contributed by atoms with Gasteiger partial charge in [-0.05, 0) is 85.3 Å². The highest BCUT2D eigenvalue weighted by Crippen LogP contribution is 2.32. The number of hydrogen-bond acceptors (Lipinski definition) is 4. The quantitative estimate of drug-likeness (QED) is 0.678. The van der Waals surface area contributed by atoms with Crippen molar-refractivity contribution < 1.29 is 18.0 Å². The SMILES string of the molecule is Cc1cc(I)ccc1NC(=O)c1ccc2c(c1)S(=O)(=O)N(C(C)C)C2=O. The van der Waals surface area contributed by atoms with Crippen molar-refractivity contribution in [3.05, 3.63) is 56.7 Å². The lowest BCUT2D eigenvalue weighted by Crippen LogP contribution is -2.36. The van der Waals surface area contributed by atoms with Crippen molar-refractivity contribution in [2.75, 3.05) is 5.32 Å². The van der Waals surface area contributed by atoms with Crippen LogP contribution in [0.3, 0.4) is 0 Å². The van der Waals surface area contributed by atoms with Gasteiger partial charge in [-0.2, -0.15) is 0 Å². The molecule has 1 N–H and O–H groups in total. The molecule has 0 radical (unpaired) electrons. The van der Waals surface area contributed by atoms with Crippen molar-refractivity contribution in [1.29, 1.82) is 0 Å². The Labute approximate surface area is 165 Å². The number of nitrogens with one attached hydrogen (secondary N) is 1. The molecule has 1 heterocycles. The molecule has 0 fully saturated rings. The summed E-state index contributed by atoms with van der Waals surface area (Å²) < 4.78 is 27.2. The van der Waals surface area contributed by atoms with Crippen LogP contribution in [0.2, 0.25) is 0 Å². The Hall–Kier alpha value is -1.94. The fourth-order valence-corrected chi connectivity index (χ4v) is 5.30. The number of amides is 2. The van der Waals surface area contributed by atoms with E-state index in [1.165, 1.54) is 18.2 Å². The van der Waals surface area contributed by atoms with Gasteiger partial charge in [0.15, 0.2) is 0 Å². The molecule has 0 aromatic heterocycles. The van der Waals surface area contributed by atoms with Gasteiger partial charge in [0.1, 0.15) is 4.90 Å². The van der Waals surface area contributed by atoms with Crippen molar-refractivity contribution >= 4 is 50.1 Å². The van der Waals surface area contributed by atoms with Gasteiger partial charge in [-0.15, -0.1) is 0 Å². The third-order valence-corrected chi connectivity index (χ3v) is 6.79. The van der Waals surface area contributed by atoms with E-state index in [0.29, 0.717) is 5.69 Å². The number of anilines is 1. The number of carbonyl (C=O) groups is 2. The van der Waals surface area contributed by atoms with Crippen LogP contribution in [0.25, 0.3) is 0 Å². The number of nitrogens with zero attached hydrogens (tertiary/aromatic N) is 1. The molecule has 1 aliphatic heterocycles.